The van der Waals surface area contributed by atoms with Crippen molar-refractivity contribution in [3.63, 3.8) is 0 Å². The van der Waals surface area contributed by atoms with Crippen molar-refractivity contribution in [2.45, 2.75) is 6.92 Å². The molecule has 0 spiro atoms. The van der Waals surface area contributed by atoms with Crippen LogP contribution in [0.15, 0.2) is 12.2 Å². The molecule has 0 radical (unpaired) electrons. The topological polar surface area (TPSA) is 39.7 Å². The van der Waals surface area contributed by atoms with Crippen molar-refractivity contribution >= 4 is 0 Å². The van der Waals surface area contributed by atoms with Crippen LogP contribution in [0.2, 0.25) is 0 Å². The van der Waals surface area contributed by atoms with E-state index in [9.17, 15) is 0 Å². The highest BCUT2D eigenvalue weighted by atomic mass is 16.5. The van der Waals surface area contributed by atoms with E-state index in [1.54, 1.807) is 7.11 Å². The van der Waals surface area contributed by atoms with Gasteiger partial charge in [0, 0.05) is 20.2 Å². The second-order valence-corrected chi connectivity index (χ2v) is 3.35. The van der Waals surface area contributed by atoms with Gasteiger partial charge in [0.15, 0.2) is 0 Å². The predicted octanol–water partition coefficient (Wildman–Crippen LogP) is 0.832. The van der Waals surface area contributed by atoms with E-state index in [1.807, 2.05) is 6.92 Å². The number of methoxy groups -OCH3 is 1. The Bertz CT molecular complexity index is 151. The third-order valence-corrected chi connectivity index (χ3v) is 1.65. The van der Waals surface area contributed by atoms with Crippen LogP contribution in [0.3, 0.4) is 0 Å². The molecule has 0 aliphatic heterocycles. The maximum atomic E-state index is 5.34. The maximum absolute atomic E-state index is 5.34. The maximum Gasteiger partial charge on any atom is 0.0701 e. The van der Waals surface area contributed by atoms with Gasteiger partial charge in [-0.3, -0.25) is 0 Å². The zero-order valence-electron chi connectivity index (χ0n) is 9.88. The van der Waals surface area contributed by atoms with E-state index in [0.717, 1.165) is 18.7 Å². The fourth-order valence-electron chi connectivity index (χ4n) is 0.910. The molecule has 0 saturated carbocycles. The molecule has 0 aliphatic rings. The van der Waals surface area contributed by atoms with Crippen LogP contribution in [0.25, 0.3) is 0 Å². The SMILES string of the molecule is C=C(C)CNCCOCCOCCOC. The first kappa shape index (κ1) is 14.6. The molecule has 0 amide bonds. The van der Waals surface area contributed by atoms with Gasteiger partial charge < -0.3 is 19.5 Å². The highest BCUT2D eigenvalue weighted by Crippen LogP contribution is 1.82. The van der Waals surface area contributed by atoms with Crippen LogP contribution in [0, 0.1) is 0 Å². The quantitative estimate of drug-likeness (QED) is 0.411. The van der Waals surface area contributed by atoms with Crippen LogP contribution in [0.4, 0.5) is 0 Å². The number of ether oxygens (including phenoxy) is 3. The minimum atomic E-state index is 0.629. The van der Waals surface area contributed by atoms with E-state index in [0.29, 0.717) is 33.0 Å². The van der Waals surface area contributed by atoms with Gasteiger partial charge in [0.1, 0.15) is 0 Å². The molecule has 0 aromatic rings. The molecule has 4 nitrogen and oxygen atoms in total. The van der Waals surface area contributed by atoms with Crippen molar-refractivity contribution in [1.82, 2.24) is 5.32 Å². The van der Waals surface area contributed by atoms with Gasteiger partial charge in [0.25, 0.3) is 0 Å². The Morgan fingerprint density at radius 1 is 1.07 bits per heavy atom. The summed E-state index contributed by atoms with van der Waals surface area (Å²) < 4.78 is 15.4. The molecular formula is C11H23NO3. The minimum Gasteiger partial charge on any atom is -0.382 e. The molecule has 0 fully saturated rings. The summed E-state index contributed by atoms with van der Waals surface area (Å²) in [4.78, 5) is 0. The number of hydrogen-bond acceptors (Lipinski definition) is 4. The van der Waals surface area contributed by atoms with Crippen LogP contribution in [0.5, 0.6) is 0 Å². The Hall–Kier alpha value is -0.420. The number of nitrogens with one attached hydrogen (secondary N) is 1. The number of hydrogen-bond donors (Lipinski definition) is 1. The van der Waals surface area contributed by atoms with Crippen LogP contribution < -0.4 is 5.32 Å². The Balaban J connectivity index is 2.89. The van der Waals surface area contributed by atoms with Crippen LogP contribution in [0.1, 0.15) is 6.92 Å². The lowest BCUT2D eigenvalue weighted by Crippen LogP contribution is -2.22. The fraction of sp³-hybridized carbons (Fsp3) is 0.818. The van der Waals surface area contributed by atoms with Crippen molar-refractivity contribution < 1.29 is 14.2 Å². The molecular weight excluding hydrogens is 194 g/mol. The van der Waals surface area contributed by atoms with E-state index < -0.39 is 0 Å². The van der Waals surface area contributed by atoms with Crippen LogP contribution in [-0.2, 0) is 14.2 Å². The standard InChI is InChI=1S/C11H23NO3/c1-11(2)10-12-4-5-14-8-9-15-7-6-13-3/h12H,1,4-10H2,2-3H3. The lowest BCUT2D eigenvalue weighted by atomic mass is 10.3. The summed E-state index contributed by atoms with van der Waals surface area (Å²) in [5.74, 6) is 0. The molecule has 15 heavy (non-hydrogen) atoms. The van der Waals surface area contributed by atoms with Gasteiger partial charge in [0.2, 0.25) is 0 Å². The summed E-state index contributed by atoms with van der Waals surface area (Å²) in [6.07, 6.45) is 0. The van der Waals surface area contributed by atoms with Crippen molar-refractivity contribution in [1.29, 1.82) is 0 Å². The molecule has 0 atom stereocenters. The Kier molecular flexibility index (Phi) is 11.3. The van der Waals surface area contributed by atoms with Gasteiger partial charge in [-0.2, -0.15) is 0 Å². The molecule has 0 aromatic heterocycles. The van der Waals surface area contributed by atoms with Gasteiger partial charge in [-0.05, 0) is 6.92 Å². The largest absolute Gasteiger partial charge is 0.382 e. The minimum absolute atomic E-state index is 0.629. The first-order chi connectivity index (χ1) is 7.27. The smallest absolute Gasteiger partial charge is 0.0701 e. The van der Waals surface area contributed by atoms with Crippen molar-refractivity contribution in [3.05, 3.63) is 12.2 Å². The Morgan fingerprint density at radius 3 is 2.27 bits per heavy atom. The van der Waals surface area contributed by atoms with Gasteiger partial charge >= 0.3 is 0 Å². The summed E-state index contributed by atoms with van der Waals surface area (Å²) in [6.45, 7) is 10.7. The average molecular weight is 217 g/mol. The molecule has 1 N–H and O–H groups in total. The zero-order valence-corrected chi connectivity index (χ0v) is 9.88. The molecule has 0 bridgehead atoms. The second-order valence-electron chi connectivity index (χ2n) is 3.35. The molecule has 90 valence electrons. The summed E-state index contributed by atoms with van der Waals surface area (Å²) in [6, 6.07) is 0. The molecule has 4 heteroatoms. The summed E-state index contributed by atoms with van der Waals surface area (Å²) in [5, 5.41) is 3.21. The van der Waals surface area contributed by atoms with Crippen molar-refractivity contribution in [2.75, 3.05) is 53.2 Å². The molecule has 0 aromatic carbocycles. The van der Waals surface area contributed by atoms with Crippen LogP contribution in [-0.4, -0.2) is 53.2 Å². The highest BCUT2D eigenvalue weighted by molar-refractivity contribution is 4.90. The van der Waals surface area contributed by atoms with Crippen molar-refractivity contribution in [3.8, 4) is 0 Å². The van der Waals surface area contributed by atoms with E-state index >= 15 is 0 Å². The second kappa shape index (κ2) is 11.7. The van der Waals surface area contributed by atoms with Gasteiger partial charge in [-0.1, -0.05) is 12.2 Å². The summed E-state index contributed by atoms with van der Waals surface area (Å²) >= 11 is 0. The first-order valence-corrected chi connectivity index (χ1v) is 5.27. The normalized spacial score (nSPS) is 10.5. The predicted molar refractivity (Wildman–Crippen MR) is 61.2 cm³/mol. The van der Waals surface area contributed by atoms with E-state index in [-0.39, 0.29) is 0 Å². The summed E-state index contributed by atoms with van der Waals surface area (Å²) in [5.41, 5.74) is 1.14. The average Bonchev–Trinajstić information content (AvgIpc) is 2.20. The molecule has 0 saturated heterocycles. The highest BCUT2D eigenvalue weighted by Gasteiger charge is 1.90. The molecule has 0 rings (SSSR count). The monoisotopic (exact) mass is 217 g/mol. The molecule has 0 heterocycles. The van der Waals surface area contributed by atoms with Crippen LogP contribution >= 0.6 is 0 Å². The van der Waals surface area contributed by atoms with Gasteiger partial charge in [-0.25, -0.2) is 0 Å². The summed E-state index contributed by atoms with van der Waals surface area (Å²) in [7, 11) is 1.66. The first-order valence-electron chi connectivity index (χ1n) is 5.27. The van der Waals surface area contributed by atoms with E-state index in [1.165, 1.54) is 0 Å². The Morgan fingerprint density at radius 2 is 1.67 bits per heavy atom. The van der Waals surface area contributed by atoms with Gasteiger partial charge in [-0.15, -0.1) is 0 Å². The molecule has 0 unspecified atom stereocenters. The van der Waals surface area contributed by atoms with Gasteiger partial charge in [0.05, 0.1) is 33.0 Å². The zero-order chi connectivity index (χ0) is 11.4. The number of rotatable bonds is 11. The third kappa shape index (κ3) is 13.6. The lowest BCUT2D eigenvalue weighted by molar-refractivity contribution is 0.0257. The third-order valence-electron chi connectivity index (χ3n) is 1.65. The van der Waals surface area contributed by atoms with E-state index in [2.05, 4.69) is 11.9 Å². The van der Waals surface area contributed by atoms with Crippen molar-refractivity contribution in [2.24, 2.45) is 0 Å². The fourth-order valence-corrected chi connectivity index (χ4v) is 0.910. The lowest BCUT2D eigenvalue weighted by Gasteiger charge is -2.06. The molecule has 0 aliphatic carbocycles. The van der Waals surface area contributed by atoms with E-state index in [4.69, 9.17) is 14.2 Å². The Labute approximate surface area is 92.6 Å².